The number of carbonyl (C=O) groups excluding carboxylic acids is 2. The summed E-state index contributed by atoms with van der Waals surface area (Å²) in [6, 6.07) is 1.58. The molecule has 0 bridgehead atoms. The number of hydrogen-bond acceptors (Lipinski definition) is 5. The summed E-state index contributed by atoms with van der Waals surface area (Å²) < 4.78 is 0. The summed E-state index contributed by atoms with van der Waals surface area (Å²) in [4.78, 5) is 32.8. The molecule has 1 atom stereocenters. The number of likely N-dealkylation sites (N-methyl/N-ethyl adjacent to an activating group) is 1. The molecule has 0 spiro atoms. The molecule has 0 aromatic carbocycles. The summed E-state index contributed by atoms with van der Waals surface area (Å²) in [5.74, 6) is -0.265. The zero-order chi connectivity index (χ0) is 20.2. The third-order valence-corrected chi connectivity index (χ3v) is 5.38. The Morgan fingerprint density at radius 3 is 2.41 bits per heavy atom. The van der Waals surface area contributed by atoms with Crippen LogP contribution in [0.15, 0.2) is 12.3 Å². The molecule has 1 aliphatic rings. The van der Waals surface area contributed by atoms with E-state index in [0.717, 1.165) is 30.6 Å². The maximum Gasteiger partial charge on any atom is 0.272 e. The molecule has 1 saturated heterocycles. The van der Waals surface area contributed by atoms with E-state index >= 15 is 0 Å². The van der Waals surface area contributed by atoms with Crippen LogP contribution in [0, 0.1) is 13.8 Å². The van der Waals surface area contributed by atoms with Crippen LogP contribution in [0.4, 0.5) is 0 Å². The predicted octanol–water partition coefficient (Wildman–Crippen LogP) is 1.12. The van der Waals surface area contributed by atoms with Crippen molar-refractivity contribution in [3.05, 3.63) is 29.1 Å². The second kappa shape index (κ2) is 8.80. The van der Waals surface area contributed by atoms with Gasteiger partial charge in [-0.1, -0.05) is 20.8 Å². The Labute approximate surface area is 161 Å². The molecule has 0 saturated carbocycles. The highest BCUT2D eigenvalue weighted by Crippen LogP contribution is 2.22. The van der Waals surface area contributed by atoms with E-state index in [-0.39, 0.29) is 37.5 Å². The molecule has 2 heterocycles. The second-order valence-corrected chi connectivity index (χ2v) is 7.40. The number of likely N-dealkylation sites (tertiary alicyclic amines) is 1. The van der Waals surface area contributed by atoms with Gasteiger partial charge in [0.1, 0.15) is 11.3 Å². The van der Waals surface area contributed by atoms with Crippen molar-refractivity contribution in [3.8, 4) is 0 Å². The summed E-state index contributed by atoms with van der Waals surface area (Å²) in [5, 5.41) is 13.4. The number of aromatic nitrogens is 1. The van der Waals surface area contributed by atoms with Gasteiger partial charge in [0, 0.05) is 12.7 Å². The van der Waals surface area contributed by atoms with Gasteiger partial charge in [0.25, 0.3) is 5.91 Å². The number of hydrogen-bond donors (Lipinski definition) is 2. The summed E-state index contributed by atoms with van der Waals surface area (Å²) in [6.45, 7) is 12.1. The van der Waals surface area contributed by atoms with Crippen LogP contribution in [0.1, 0.15) is 48.8 Å². The number of amides is 2. The lowest BCUT2D eigenvalue weighted by Crippen LogP contribution is -2.68. The zero-order valence-corrected chi connectivity index (χ0v) is 17.1. The van der Waals surface area contributed by atoms with E-state index in [2.05, 4.69) is 15.2 Å². The van der Waals surface area contributed by atoms with Gasteiger partial charge in [0.05, 0.1) is 19.1 Å². The first kappa shape index (κ1) is 21.3. The van der Waals surface area contributed by atoms with Crippen molar-refractivity contribution in [2.75, 3.05) is 32.7 Å². The number of aliphatic hydroxyl groups is 1. The van der Waals surface area contributed by atoms with E-state index in [4.69, 9.17) is 0 Å². The predicted molar refractivity (Wildman–Crippen MR) is 105 cm³/mol. The minimum atomic E-state index is -1.08. The average molecular weight is 377 g/mol. The maximum absolute atomic E-state index is 12.5. The molecule has 1 aliphatic heterocycles. The van der Waals surface area contributed by atoms with Gasteiger partial charge in [0.2, 0.25) is 5.91 Å². The van der Waals surface area contributed by atoms with E-state index in [0.29, 0.717) is 5.69 Å². The highest BCUT2D eigenvalue weighted by molar-refractivity contribution is 5.93. The highest BCUT2D eigenvalue weighted by Gasteiger charge is 2.44. The van der Waals surface area contributed by atoms with Crippen LogP contribution in [0.2, 0.25) is 0 Å². The van der Waals surface area contributed by atoms with Gasteiger partial charge in [-0.3, -0.25) is 19.5 Å². The largest absolute Gasteiger partial charge is 0.384 e. The Morgan fingerprint density at radius 1 is 1.26 bits per heavy atom. The number of nitrogens with one attached hydrogen (secondary N) is 1. The van der Waals surface area contributed by atoms with Crippen LogP contribution >= 0.6 is 0 Å². The SMILES string of the molecule is CCC(C(=O)NCC1(O)CN(C(=O)c2cc(C)c(C)cn2)C1)N(CC)CC. The van der Waals surface area contributed by atoms with Gasteiger partial charge in [-0.05, 0) is 50.6 Å². The summed E-state index contributed by atoms with van der Waals surface area (Å²) >= 11 is 0. The third-order valence-electron chi connectivity index (χ3n) is 5.38. The molecule has 2 N–H and O–H groups in total. The molecule has 7 nitrogen and oxygen atoms in total. The number of carbonyl (C=O) groups is 2. The van der Waals surface area contributed by atoms with Crippen molar-refractivity contribution in [3.63, 3.8) is 0 Å². The zero-order valence-electron chi connectivity index (χ0n) is 17.1. The summed E-state index contributed by atoms with van der Waals surface area (Å²) in [7, 11) is 0. The molecule has 1 unspecified atom stereocenters. The van der Waals surface area contributed by atoms with Crippen LogP contribution in [-0.4, -0.2) is 76.1 Å². The smallest absolute Gasteiger partial charge is 0.272 e. The molecule has 150 valence electrons. The topological polar surface area (TPSA) is 85.8 Å². The average Bonchev–Trinajstić information content (AvgIpc) is 2.63. The van der Waals surface area contributed by atoms with Crippen LogP contribution in [0.25, 0.3) is 0 Å². The molecule has 27 heavy (non-hydrogen) atoms. The molecular formula is C20H32N4O3. The molecule has 1 fully saturated rings. The van der Waals surface area contributed by atoms with Gasteiger partial charge in [0.15, 0.2) is 0 Å². The van der Waals surface area contributed by atoms with E-state index in [1.807, 2.05) is 34.6 Å². The van der Waals surface area contributed by atoms with Crippen LogP contribution in [0.5, 0.6) is 0 Å². The number of β-amino-alcohol motifs (C(OH)–C–C–N with tert-alkyl or cyclic N) is 1. The van der Waals surface area contributed by atoms with Gasteiger partial charge in [-0.25, -0.2) is 0 Å². The fourth-order valence-corrected chi connectivity index (χ4v) is 3.47. The first-order valence-corrected chi connectivity index (χ1v) is 9.71. The number of pyridine rings is 1. The minimum absolute atomic E-state index is 0.0739. The summed E-state index contributed by atoms with van der Waals surface area (Å²) in [6.07, 6.45) is 2.40. The Morgan fingerprint density at radius 2 is 1.89 bits per heavy atom. The fourth-order valence-electron chi connectivity index (χ4n) is 3.47. The lowest BCUT2D eigenvalue weighted by molar-refractivity contribution is -0.130. The third kappa shape index (κ3) is 4.84. The van der Waals surface area contributed by atoms with Crippen LogP contribution < -0.4 is 5.32 Å². The molecule has 7 heteroatoms. The standard InChI is InChI=1S/C20H32N4O3/c1-6-17(23(7-2)8-3)18(25)22-11-20(27)12-24(13-20)19(26)16-9-14(4)15(5)10-21-16/h9-10,17,27H,6-8,11-13H2,1-5H3,(H,22,25). The Bertz CT molecular complexity index is 682. The maximum atomic E-state index is 12.5. The molecule has 0 aliphatic carbocycles. The molecule has 1 aromatic heterocycles. The lowest BCUT2D eigenvalue weighted by Gasteiger charge is -2.46. The number of rotatable bonds is 8. The van der Waals surface area contributed by atoms with Gasteiger partial charge in [-0.2, -0.15) is 0 Å². The van der Waals surface area contributed by atoms with Crippen LogP contribution in [0.3, 0.4) is 0 Å². The quantitative estimate of drug-likeness (QED) is 0.710. The molecular weight excluding hydrogens is 344 g/mol. The minimum Gasteiger partial charge on any atom is -0.384 e. The fraction of sp³-hybridized carbons (Fsp3) is 0.650. The van der Waals surface area contributed by atoms with E-state index in [1.165, 1.54) is 0 Å². The molecule has 2 amide bonds. The van der Waals surface area contributed by atoms with Crippen molar-refractivity contribution in [2.45, 2.75) is 52.7 Å². The monoisotopic (exact) mass is 376 g/mol. The number of aryl methyl sites for hydroxylation is 2. The van der Waals surface area contributed by atoms with Crippen molar-refractivity contribution < 1.29 is 14.7 Å². The van der Waals surface area contributed by atoms with Gasteiger partial charge < -0.3 is 15.3 Å². The van der Waals surface area contributed by atoms with Crippen molar-refractivity contribution in [1.82, 2.24) is 20.1 Å². The van der Waals surface area contributed by atoms with E-state index < -0.39 is 5.60 Å². The van der Waals surface area contributed by atoms with Crippen molar-refractivity contribution in [2.24, 2.45) is 0 Å². The molecule has 1 aromatic rings. The van der Waals surface area contributed by atoms with Crippen LogP contribution in [-0.2, 0) is 4.79 Å². The van der Waals surface area contributed by atoms with Crippen molar-refractivity contribution >= 4 is 11.8 Å². The first-order chi connectivity index (χ1) is 12.7. The first-order valence-electron chi connectivity index (χ1n) is 9.71. The van der Waals surface area contributed by atoms with E-state index in [1.54, 1.807) is 17.2 Å². The molecule has 0 radical (unpaired) electrons. The number of nitrogens with zero attached hydrogens (tertiary/aromatic N) is 3. The van der Waals surface area contributed by atoms with E-state index in [9.17, 15) is 14.7 Å². The Hall–Kier alpha value is -1.99. The molecule has 2 rings (SSSR count). The van der Waals surface area contributed by atoms with Crippen molar-refractivity contribution in [1.29, 1.82) is 0 Å². The highest BCUT2D eigenvalue weighted by atomic mass is 16.3. The van der Waals surface area contributed by atoms with Gasteiger partial charge in [-0.15, -0.1) is 0 Å². The second-order valence-electron chi connectivity index (χ2n) is 7.40. The summed E-state index contributed by atoms with van der Waals surface area (Å²) in [5.41, 5.74) is 1.36. The van der Waals surface area contributed by atoms with Gasteiger partial charge >= 0.3 is 0 Å². The Balaban J connectivity index is 1.88. The normalized spacial score (nSPS) is 16.8. The lowest BCUT2D eigenvalue weighted by atomic mass is 9.93. The Kier molecular flexibility index (Phi) is 6.95.